The van der Waals surface area contributed by atoms with Crippen LogP contribution in [-0.2, 0) is 9.53 Å². The molecular formula is C26H31FN4O5. The highest BCUT2D eigenvalue weighted by atomic mass is 19.1. The van der Waals surface area contributed by atoms with Gasteiger partial charge >= 0.3 is 6.03 Å². The number of ether oxygens (including phenoxy) is 2. The number of amides is 3. The lowest BCUT2D eigenvalue weighted by molar-refractivity contribution is -0.150. The van der Waals surface area contributed by atoms with Gasteiger partial charge in [0.2, 0.25) is 5.91 Å². The number of nitrogens with zero attached hydrogens (tertiary/aromatic N) is 2. The number of aliphatic hydroxyl groups is 1. The van der Waals surface area contributed by atoms with E-state index in [0.29, 0.717) is 36.6 Å². The number of nitrogens with one attached hydrogen (secondary N) is 2. The van der Waals surface area contributed by atoms with E-state index in [1.165, 1.54) is 24.3 Å². The Labute approximate surface area is 209 Å². The van der Waals surface area contributed by atoms with Crippen LogP contribution in [0.25, 0.3) is 0 Å². The molecule has 192 valence electrons. The average molecular weight is 499 g/mol. The lowest BCUT2D eigenvalue weighted by Gasteiger charge is -2.38. The predicted molar refractivity (Wildman–Crippen MR) is 132 cm³/mol. The fourth-order valence-corrected chi connectivity index (χ4v) is 5.17. The Bertz CT molecular complexity index is 1110. The molecule has 3 heterocycles. The molecule has 5 rings (SSSR count). The van der Waals surface area contributed by atoms with Crippen LogP contribution in [0.15, 0.2) is 42.5 Å². The quantitative estimate of drug-likeness (QED) is 0.586. The summed E-state index contributed by atoms with van der Waals surface area (Å²) in [5, 5.41) is 15.5. The Kier molecular flexibility index (Phi) is 7.08. The minimum atomic E-state index is -0.542. The summed E-state index contributed by atoms with van der Waals surface area (Å²) < 4.78 is 25.3. The molecule has 3 amide bonds. The molecule has 0 radical (unpaired) electrons. The number of hydrogen-bond acceptors (Lipinski definition) is 6. The summed E-state index contributed by atoms with van der Waals surface area (Å²) in [6.07, 6.45) is -0.387. The SMILES string of the molecule is CN1CCN(C(=O)C[C@H]2C[C@H]3c4cc(NC(=O)Nc5ccc(F)cc5)ccc4O[C@H]3[C@@H](CO)O2)CC1. The summed E-state index contributed by atoms with van der Waals surface area (Å²) in [4.78, 5) is 29.4. The molecule has 3 aliphatic rings. The van der Waals surface area contributed by atoms with Crippen molar-refractivity contribution in [1.29, 1.82) is 0 Å². The third-order valence-electron chi connectivity index (χ3n) is 7.12. The number of piperazine rings is 1. The highest BCUT2D eigenvalue weighted by molar-refractivity contribution is 5.99. The first kappa shape index (κ1) is 24.5. The van der Waals surface area contributed by atoms with Crippen LogP contribution in [0.5, 0.6) is 5.75 Å². The van der Waals surface area contributed by atoms with Crippen molar-refractivity contribution < 1.29 is 28.6 Å². The van der Waals surface area contributed by atoms with Crippen LogP contribution in [0.2, 0.25) is 0 Å². The molecule has 2 aromatic rings. The zero-order chi connectivity index (χ0) is 25.2. The molecule has 0 spiro atoms. The molecule has 2 aromatic carbocycles. The maximum Gasteiger partial charge on any atom is 0.323 e. The van der Waals surface area contributed by atoms with Gasteiger partial charge in [-0.2, -0.15) is 0 Å². The fraction of sp³-hybridized carbons (Fsp3) is 0.462. The molecule has 4 atom stereocenters. The van der Waals surface area contributed by atoms with Gasteiger partial charge in [0.15, 0.2) is 0 Å². The summed E-state index contributed by atoms with van der Waals surface area (Å²) in [6, 6.07) is 10.5. The smallest absolute Gasteiger partial charge is 0.323 e. The molecule has 0 bridgehead atoms. The van der Waals surface area contributed by atoms with Crippen molar-refractivity contribution in [2.24, 2.45) is 0 Å². The topological polar surface area (TPSA) is 103 Å². The number of urea groups is 1. The minimum Gasteiger partial charge on any atom is -0.487 e. The number of likely N-dealkylation sites (N-methyl/N-ethyl adjacent to an activating group) is 1. The second-order valence-corrected chi connectivity index (χ2v) is 9.63. The van der Waals surface area contributed by atoms with Crippen LogP contribution in [0.3, 0.4) is 0 Å². The molecule has 3 N–H and O–H groups in total. The number of benzene rings is 2. The van der Waals surface area contributed by atoms with E-state index in [1.54, 1.807) is 12.1 Å². The molecule has 0 unspecified atom stereocenters. The van der Waals surface area contributed by atoms with E-state index in [0.717, 1.165) is 18.7 Å². The van der Waals surface area contributed by atoms with Crippen molar-refractivity contribution in [2.45, 2.75) is 37.1 Å². The van der Waals surface area contributed by atoms with Crippen molar-refractivity contribution in [1.82, 2.24) is 9.80 Å². The zero-order valence-electron chi connectivity index (χ0n) is 20.2. The summed E-state index contributed by atoms with van der Waals surface area (Å²) in [6.45, 7) is 2.91. The van der Waals surface area contributed by atoms with E-state index in [9.17, 15) is 19.1 Å². The highest BCUT2D eigenvalue weighted by Crippen LogP contribution is 2.47. The van der Waals surface area contributed by atoms with Gasteiger partial charge in [-0.1, -0.05) is 0 Å². The van der Waals surface area contributed by atoms with Gasteiger partial charge in [-0.05, 0) is 55.9 Å². The van der Waals surface area contributed by atoms with Gasteiger partial charge in [0.1, 0.15) is 23.8 Å². The number of hydrogen-bond donors (Lipinski definition) is 3. The second-order valence-electron chi connectivity index (χ2n) is 9.63. The van der Waals surface area contributed by atoms with Crippen molar-refractivity contribution in [3.05, 3.63) is 53.8 Å². The number of aliphatic hydroxyl groups excluding tert-OH is 1. The average Bonchev–Trinajstić information content (AvgIpc) is 3.23. The van der Waals surface area contributed by atoms with Crippen LogP contribution in [0.1, 0.15) is 24.3 Å². The highest BCUT2D eigenvalue weighted by Gasteiger charge is 2.46. The van der Waals surface area contributed by atoms with E-state index < -0.39 is 12.1 Å². The van der Waals surface area contributed by atoms with Gasteiger partial charge in [-0.15, -0.1) is 0 Å². The van der Waals surface area contributed by atoms with Crippen LogP contribution in [0.4, 0.5) is 20.6 Å². The fourth-order valence-electron chi connectivity index (χ4n) is 5.17. The lowest BCUT2D eigenvalue weighted by atomic mass is 9.84. The summed E-state index contributed by atoms with van der Waals surface area (Å²) >= 11 is 0. The Balaban J connectivity index is 1.26. The van der Waals surface area contributed by atoms with Gasteiger partial charge < -0.3 is 35.0 Å². The molecule has 9 nitrogen and oxygen atoms in total. The maximum absolute atomic E-state index is 13.1. The monoisotopic (exact) mass is 498 g/mol. The van der Waals surface area contributed by atoms with Crippen molar-refractivity contribution in [3.63, 3.8) is 0 Å². The molecule has 2 saturated heterocycles. The van der Waals surface area contributed by atoms with Crippen LogP contribution >= 0.6 is 0 Å². The largest absolute Gasteiger partial charge is 0.487 e. The standard InChI is InChI=1S/C26H31FN4O5/c1-30-8-10-31(11-9-30)24(33)14-19-13-21-20-12-18(6-7-22(20)36-25(21)23(15-32)35-19)29-26(34)28-17-4-2-16(27)3-5-17/h2-7,12,19,21,23,25,32H,8-11,13-15H2,1H3,(H2,28,29,34)/t19-,21+,23-,25-/m1/s1. The van der Waals surface area contributed by atoms with Crippen LogP contribution in [0, 0.1) is 5.82 Å². The van der Waals surface area contributed by atoms with Crippen LogP contribution in [-0.4, -0.2) is 85.0 Å². The third kappa shape index (κ3) is 5.30. The Hall–Kier alpha value is -3.21. The lowest BCUT2D eigenvalue weighted by Crippen LogP contribution is -2.50. The Morgan fingerprint density at radius 2 is 1.75 bits per heavy atom. The first-order valence-corrected chi connectivity index (χ1v) is 12.3. The number of rotatable bonds is 5. The first-order chi connectivity index (χ1) is 17.4. The van der Waals surface area contributed by atoms with E-state index >= 15 is 0 Å². The third-order valence-corrected chi connectivity index (χ3v) is 7.12. The first-order valence-electron chi connectivity index (χ1n) is 12.3. The molecule has 10 heteroatoms. The molecule has 0 saturated carbocycles. The van der Waals surface area contributed by atoms with Gasteiger partial charge in [-0.3, -0.25) is 4.79 Å². The molecule has 0 aliphatic carbocycles. The minimum absolute atomic E-state index is 0.0651. The van der Waals surface area contributed by atoms with Gasteiger partial charge in [0, 0.05) is 49.0 Å². The molecule has 3 aliphatic heterocycles. The second kappa shape index (κ2) is 10.4. The number of fused-ring (bicyclic) bond motifs is 3. The zero-order valence-corrected chi connectivity index (χ0v) is 20.2. The summed E-state index contributed by atoms with van der Waals surface area (Å²) in [5.41, 5.74) is 1.97. The molecule has 36 heavy (non-hydrogen) atoms. The van der Waals surface area contributed by atoms with Crippen molar-refractivity contribution >= 4 is 23.3 Å². The molecule has 2 fully saturated rings. The number of anilines is 2. The maximum atomic E-state index is 13.1. The number of carbonyl (C=O) groups is 2. The van der Waals surface area contributed by atoms with E-state index in [1.807, 2.05) is 18.0 Å². The molecule has 0 aromatic heterocycles. The van der Waals surface area contributed by atoms with Gasteiger partial charge in [0.25, 0.3) is 0 Å². The Morgan fingerprint density at radius 1 is 1.06 bits per heavy atom. The van der Waals surface area contributed by atoms with E-state index in [4.69, 9.17) is 9.47 Å². The van der Waals surface area contributed by atoms with E-state index in [-0.39, 0.29) is 42.9 Å². The number of halogens is 1. The van der Waals surface area contributed by atoms with Crippen LogP contribution < -0.4 is 15.4 Å². The van der Waals surface area contributed by atoms with Crippen molar-refractivity contribution in [2.75, 3.05) is 50.5 Å². The summed E-state index contributed by atoms with van der Waals surface area (Å²) in [5.74, 6) is 0.297. The summed E-state index contributed by atoms with van der Waals surface area (Å²) in [7, 11) is 2.05. The Morgan fingerprint density at radius 3 is 2.47 bits per heavy atom. The van der Waals surface area contributed by atoms with Gasteiger partial charge in [0.05, 0.1) is 19.1 Å². The number of carbonyl (C=O) groups excluding carboxylic acids is 2. The normalized spacial score (nSPS) is 25.5. The van der Waals surface area contributed by atoms with E-state index in [2.05, 4.69) is 15.5 Å². The predicted octanol–water partition coefficient (Wildman–Crippen LogP) is 2.63. The molecular weight excluding hydrogens is 467 g/mol. The van der Waals surface area contributed by atoms with Gasteiger partial charge in [-0.25, -0.2) is 9.18 Å². The van der Waals surface area contributed by atoms with Crippen molar-refractivity contribution in [3.8, 4) is 5.75 Å².